The Kier molecular flexibility index (Phi) is 5.08. The number of rotatable bonds is 7. The van der Waals surface area contributed by atoms with E-state index in [9.17, 15) is 19.3 Å². The van der Waals surface area contributed by atoms with Gasteiger partial charge in [0.25, 0.3) is 5.91 Å². The first-order valence-corrected chi connectivity index (χ1v) is 6.86. The fourth-order valence-electron chi connectivity index (χ4n) is 1.71. The van der Waals surface area contributed by atoms with Crippen molar-refractivity contribution in [3.05, 3.63) is 38.7 Å². The van der Waals surface area contributed by atoms with Crippen molar-refractivity contribution < 1.29 is 18.8 Å². The molecule has 0 spiro atoms. The number of nitro groups is 1. The molecule has 8 heteroatoms. The molecular formula is C13H14ClFN2O4. The molecule has 1 aliphatic rings. The van der Waals surface area contributed by atoms with Gasteiger partial charge in [-0.25, -0.2) is 0 Å². The summed E-state index contributed by atoms with van der Waals surface area (Å²) in [5.41, 5.74) is -0.882. The van der Waals surface area contributed by atoms with Gasteiger partial charge in [0.05, 0.1) is 16.6 Å². The maximum absolute atomic E-state index is 13.4. The third-order valence-corrected chi connectivity index (χ3v) is 3.33. The summed E-state index contributed by atoms with van der Waals surface area (Å²) in [6.45, 7) is 1.32. The summed E-state index contributed by atoms with van der Waals surface area (Å²) < 4.78 is 18.7. The van der Waals surface area contributed by atoms with Gasteiger partial charge in [-0.3, -0.25) is 14.9 Å². The minimum absolute atomic E-state index is 0.0599. The SMILES string of the molecule is O=C(NCCOCC1CC1)c1cc(Cl)c(F)c([N+](=O)[O-])c1. The van der Waals surface area contributed by atoms with E-state index in [2.05, 4.69) is 5.32 Å². The van der Waals surface area contributed by atoms with E-state index >= 15 is 0 Å². The standard InChI is InChI=1S/C13H14ClFN2O4/c14-10-5-9(6-11(12(10)15)17(19)20)13(18)16-3-4-21-7-8-1-2-8/h5-6,8H,1-4,7H2,(H,16,18). The lowest BCUT2D eigenvalue weighted by Crippen LogP contribution is -2.27. The van der Waals surface area contributed by atoms with E-state index in [1.165, 1.54) is 12.8 Å². The van der Waals surface area contributed by atoms with Crippen molar-refractivity contribution in [2.45, 2.75) is 12.8 Å². The smallest absolute Gasteiger partial charge is 0.307 e. The van der Waals surface area contributed by atoms with E-state index in [0.29, 0.717) is 19.1 Å². The molecule has 21 heavy (non-hydrogen) atoms. The molecule has 1 N–H and O–H groups in total. The summed E-state index contributed by atoms with van der Waals surface area (Å²) in [4.78, 5) is 21.6. The van der Waals surface area contributed by atoms with Gasteiger partial charge >= 0.3 is 5.69 Å². The van der Waals surface area contributed by atoms with E-state index in [1.54, 1.807) is 0 Å². The third-order valence-electron chi connectivity index (χ3n) is 3.05. The number of hydrogen-bond donors (Lipinski definition) is 1. The van der Waals surface area contributed by atoms with E-state index < -0.39 is 27.4 Å². The van der Waals surface area contributed by atoms with Crippen molar-refractivity contribution in [3.8, 4) is 0 Å². The highest BCUT2D eigenvalue weighted by molar-refractivity contribution is 6.31. The predicted molar refractivity (Wildman–Crippen MR) is 73.9 cm³/mol. The molecule has 1 saturated carbocycles. The van der Waals surface area contributed by atoms with Gasteiger partial charge in [-0.15, -0.1) is 0 Å². The van der Waals surface area contributed by atoms with Gasteiger partial charge in [0.2, 0.25) is 5.82 Å². The van der Waals surface area contributed by atoms with E-state index in [4.69, 9.17) is 16.3 Å². The van der Waals surface area contributed by atoms with Crippen LogP contribution < -0.4 is 5.32 Å². The molecule has 114 valence electrons. The Morgan fingerprint density at radius 2 is 2.24 bits per heavy atom. The van der Waals surface area contributed by atoms with Crippen LogP contribution in [0.3, 0.4) is 0 Å². The van der Waals surface area contributed by atoms with E-state index in [0.717, 1.165) is 12.1 Å². The van der Waals surface area contributed by atoms with Gasteiger partial charge in [0.15, 0.2) is 0 Å². The molecule has 0 heterocycles. The van der Waals surface area contributed by atoms with Crippen molar-refractivity contribution in [2.75, 3.05) is 19.8 Å². The molecule has 1 amide bonds. The molecule has 1 aromatic rings. The quantitative estimate of drug-likeness (QED) is 0.476. The highest BCUT2D eigenvalue weighted by Gasteiger charge is 2.22. The van der Waals surface area contributed by atoms with Crippen molar-refractivity contribution >= 4 is 23.2 Å². The van der Waals surface area contributed by atoms with Crippen LogP contribution in [0.4, 0.5) is 10.1 Å². The van der Waals surface area contributed by atoms with Gasteiger partial charge in [-0.2, -0.15) is 4.39 Å². The molecule has 0 bridgehead atoms. The maximum atomic E-state index is 13.4. The van der Waals surface area contributed by atoms with Crippen molar-refractivity contribution in [3.63, 3.8) is 0 Å². The summed E-state index contributed by atoms with van der Waals surface area (Å²) in [5, 5.41) is 12.8. The summed E-state index contributed by atoms with van der Waals surface area (Å²) >= 11 is 5.55. The molecule has 1 aliphatic carbocycles. The Balaban J connectivity index is 1.90. The molecule has 0 saturated heterocycles. The topological polar surface area (TPSA) is 81.5 Å². The zero-order valence-corrected chi connectivity index (χ0v) is 11.9. The number of nitrogens with one attached hydrogen (secondary N) is 1. The minimum atomic E-state index is -1.15. The number of carbonyl (C=O) groups excluding carboxylic acids is 1. The molecule has 0 aromatic heterocycles. The van der Waals surface area contributed by atoms with Crippen molar-refractivity contribution in [1.82, 2.24) is 5.32 Å². The maximum Gasteiger partial charge on any atom is 0.307 e. The molecule has 0 unspecified atom stereocenters. The lowest BCUT2D eigenvalue weighted by molar-refractivity contribution is -0.387. The van der Waals surface area contributed by atoms with Gasteiger partial charge in [-0.05, 0) is 24.8 Å². The normalized spacial score (nSPS) is 14.0. The highest BCUT2D eigenvalue weighted by Crippen LogP contribution is 2.28. The van der Waals surface area contributed by atoms with Crippen LogP contribution >= 0.6 is 11.6 Å². The zero-order valence-electron chi connectivity index (χ0n) is 11.1. The average Bonchev–Trinajstić information content (AvgIpc) is 3.24. The van der Waals surface area contributed by atoms with Crippen molar-refractivity contribution in [1.29, 1.82) is 0 Å². The fourth-order valence-corrected chi connectivity index (χ4v) is 1.93. The highest BCUT2D eigenvalue weighted by atomic mass is 35.5. The number of carbonyl (C=O) groups is 1. The van der Waals surface area contributed by atoms with Crippen LogP contribution in [0.25, 0.3) is 0 Å². The Labute approximate surface area is 125 Å². The first-order valence-electron chi connectivity index (χ1n) is 6.48. The Bertz CT molecular complexity index is 563. The van der Waals surface area contributed by atoms with Gasteiger partial charge in [0, 0.05) is 24.8 Å². The summed E-state index contributed by atoms with van der Waals surface area (Å²) in [6.07, 6.45) is 2.37. The molecule has 6 nitrogen and oxygen atoms in total. The summed E-state index contributed by atoms with van der Waals surface area (Å²) in [5.74, 6) is -1.07. The second-order valence-corrected chi connectivity index (χ2v) is 5.23. The minimum Gasteiger partial charge on any atom is -0.379 e. The number of amides is 1. The number of halogens is 2. The van der Waals surface area contributed by atoms with Crippen LogP contribution in [0, 0.1) is 21.8 Å². The molecule has 1 aromatic carbocycles. The van der Waals surface area contributed by atoms with Gasteiger partial charge in [-0.1, -0.05) is 11.6 Å². The van der Waals surface area contributed by atoms with Crippen molar-refractivity contribution in [2.24, 2.45) is 5.92 Å². The fraction of sp³-hybridized carbons (Fsp3) is 0.462. The number of benzene rings is 1. The first kappa shape index (κ1) is 15.7. The summed E-state index contributed by atoms with van der Waals surface area (Å²) in [7, 11) is 0. The average molecular weight is 317 g/mol. The Morgan fingerprint density at radius 1 is 1.52 bits per heavy atom. The number of nitrogens with zero attached hydrogens (tertiary/aromatic N) is 1. The second kappa shape index (κ2) is 6.82. The van der Waals surface area contributed by atoms with E-state index in [-0.39, 0.29) is 12.1 Å². The van der Waals surface area contributed by atoms with Crippen LogP contribution in [0.5, 0.6) is 0 Å². The number of hydrogen-bond acceptors (Lipinski definition) is 4. The van der Waals surface area contributed by atoms with Gasteiger partial charge in [0.1, 0.15) is 0 Å². The first-order chi connectivity index (χ1) is 9.99. The third kappa shape index (κ3) is 4.37. The molecule has 0 aliphatic heterocycles. The zero-order chi connectivity index (χ0) is 15.4. The summed E-state index contributed by atoms with van der Waals surface area (Å²) in [6, 6.07) is 1.92. The van der Waals surface area contributed by atoms with Crippen LogP contribution in [-0.2, 0) is 4.74 Å². The predicted octanol–water partition coefficient (Wildman–Crippen LogP) is 2.54. The lowest BCUT2D eigenvalue weighted by Gasteiger charge is -2.07. The van der Waals surface area contributed by atoms with Gasteiger partial charge < -0.3 is 10.1 Å². The van der Waals surface area contributed by atoms with Crippen LogP contribution in [0.2, 0.25) is 5.02 Å². The Morgan fingerprint density at radius 3 is 2.86 bits per heavy atom. The monoisotopic (exact) mass is 316 g/mol. The second-order valence-electron chi connectivity index (χ2n) is 4.82. The van der Waals surface area contributed by atoms with Crippen LogP contribution in [0.1, 0.15) is 23.2 Å². The molecule has 2 rings (SSSR count). The Hall–Kier alpha value is -1.73. The van der Waals surface area contributed by atoms with Crippen LogP contribution in [0.15, 0.2) is 12.1 Å². The molecule has 0 radical (unpaired) electrons. The lowest BCUT2D eigenvalue weighted by atomic mass is 10.2. The largest absolute Gasteiger partial charge is 0.379 e. The molecule has 0 atom stereocenters. The number of nitro benzene ring substituents is 1. The number of ether oxygens (including phenoxy) is 1. The van der Waals surface area contributed by atoms with Crippen LogP contribution in [-0.4, -0.2) is 30.6 Å². The molecule has 1 fully saturated rings. The van der Waals surface area contributed by atoms with E-state index in [1.807, 2.05) is 0 Å². The molecular weight excluding hydrogens is 303 g/mol.